The topological polar surface area (TPSA) is 115 Å². The molecule has 0 aromatic carbocycles. The van der Waals surface area contributed by atoms with Crippen LogP contribution in [-0.4, -0.2) is 71.8 Å². The van der Waals surface area contributed by atoms with E-state index >= 15 is 0 Å². The Morgan fingerprint density at radius 1 is 0.850 bits per heavy atom. The molecule has 0 unspecified atom stereocenters. The molecule has 1 saturated heterocycles. The Morgan fingerprint density at radius 3 is 1.80 bits per heavy atom. The summed E-state index contributed by atoms with van der Waals surface area (Å²) in [5, 5.41) is 22.2. The van der Waals surface area contributed by atoms with E-state index in [0.717, 1.165) is 77.1 Å². The first-order chi connectivity index (χ1) is 19.5. The largest absolute Gasteiger partial charge is 0.756 e. The number of amides is 1. The molecule has 1 aliphatic heterocycles. The summed E-state index contributed by atoms with van der Waals surface area (Å²) in [5.41, 5.74) is 0.365. The number of hydrogen-bond acceptors (Lipinski definition) is 8. The number of rotatable bonds is 23. The number of carbonyl (C=O) groups excluding carboxylic acids is 1. The van der Waals surface area contributed by atoms with Crippen LogP contribution >= 0.6 is 0 Å². The maximum atomic E-state index is 12.5. The van der Waals surface area contributed by atoms with E-state index in [1.165, 1.54) is 64.2 Å². The van der Waals surface area contributed by atoms with Crippen LogP contribution in [0.15, 0.2) is 18.3 Å². The lowest BCUT2D eigenvalue weighted by Crippen LogP contribution is -2.46. The van der Waals surface area contributed by atoms with Crippen LogP contribution in [0.25, 0.3) is 0 Å². The molecule has 10 heteroatoms. The maximum absolute atomic E-state index is 12.5. The Kier molecular flexibility index (Phi) is 18.0. The highest BCUT2D eigenvalue weighted by atomic mass is 16.9. The summed E-state index contributed by atoms with van der Waals surface area (Å²) in [7, 11) is 0. The predicted octanol–water partition coefficient (Wildman–Crippen LogP) is 6.61. The summed E-state index contributed by atoms with van der Waals surface area (Å²) < 4.78 is 0. The maximum Gasteiger partial charge on any atom is 0.294 e. The molecule has 0 bridgehead atoms. The summed E-state index contributed by atoms with van der Waals surface area (Å²) in [6.07, 6.45) is 19.9. The van der Waals surface area contributed by atoms with Gasteiger partial charge in [-0.15, -0.1) is 10.1 Å². The highest BCUT2D eigenvalue weighted by Gasteiger charge is 2.17. The third-order valence-electron chi connectivity index (χ3n) is 7.82. The number of pyridine rings is 1. The first kappa shape index (κ1) is 33.7. The van der Waals surface area contributed by atoms with Crippen LogP contribution in [-0.2, 0) is 4.84 Å². The Labute approximate surface area is 241 Å². The Bertz CT molecular complexity index is 802. The molecule has 0 aliphatic carbocycles. The van der Waals surface area contributed by atoms with Crippen LogP contribution in [0.1, 0.15) is 120 Å². The van der Waals surface area contributed by atoms with Gasteiger partial charge in [-0.2, -0.15) is 0 Å². The quantitative estimate of drug-likeness (QED) is 0.0831. The smallest absolute Gasteiger partial charge is 0.294 e. The van der Waals surface area contributed by atoms with E-state index in [4.69, 9.17) is 0 Å². The zero-order valence-corrected chi connectivity index (χ0v) is 24.8. The number of nitrogens with zero attached hydrogens (tertiary/aromatic N) is 5. The molecular weight excluding hydrogens is 510 g/mol. The van der Waals surface area contributed by atoms with Gasteiger partial charge in [0, 0.05) is 38.9 Å². The second-order valence-electron chi connectivity index (χ2n) is 10.9. The average molecular weight is 563 g/mol. The number of unbranched alkanes of at least 4 members (excludes halogenated alkanes) is 15. The van der Waals surface area contributed by atoms with Gasteiger partial charge in [-0.05, 0) is 31.5 Å². The van der Waals surface area contributed by atoms with Crippen molar-refractivity contribution in [1.29, 1.82) is 0 Å². The van der Waals surface area contributed by atoms with E-state index in [1.54, 1.807) is 12.3 Å². The monoisotopic (exact) mass is 562 g/mol. The highest BCUT2D eigenvalue weighted by molar-refractivity contribution is 5.94. The van der Waals surface area contributed by atoms with Crippen molar-refractivity contribution in [2.75, 3.05) is 50.8 Å². The normalized spacial score (nSPS) is 13.9. The second-order valence-corrected chi connectivity index (χ2v) is 10.9. The van der Waals surface area contributed by atoms with Crippen molar-refractivity contribution >= 4 is 11.7 Å². The standard InChI is InChI=1S/C30H52N5O5/c1-2-32-22-24-33(25-23-32)29-20-19-28(27-31-29)30(36)34(37)21-17-15-13-11-9-7-5-3-4-6-8-10-12-14-16-18-26-40-35(38)39/h19-20,27H,2-18,21-26H2,1H3/q-1. The second kappa shape index (κ2) is 21.3. The van der Waals surface area contributed by atoms with Crippen molar-refractivity contribution in [3.05, 3.63) is 39.2 Å². The Hall–Kier alpha value is -2.46. The summed E-state index contributed by atoms with van der Waals surface area (Å²) in [6.45, 7) is 7.60. The highest BCUT2D eigenvalue weighted by Crippen LogP contribution is 2.16. The zero-order chi connectivity index (χ0) is 28.8. The molecule has 2 rings (SSSR count). The van der Waals surface area contributed by atoms with Crippen LogP contribution < -0.4 is 4.90 Å². The van der Waals surface area contributed by atoms with Gasteiger partial charge in [-0.25, -0.2) is 4.98 Å². The first-order valence-corrected chi connectivity index (χ1v) is 15.7. The third-order valence-corrected chi connectivity index (χ3v) is 7.82. The van der Waals surface area contributed by atoms with Crippen molar-refractivity contribution in [2.45, 2.75) is 110 Å². The Morgan fingerprint density at radius 2 is 1.35 bits per heavy atom. The van der Waals surface area contributed by atoms with E-state index in [1.807, 2.05) is 6.07 Å². The molecule has 0 saturated carbocycles. The van der Waals surface area contributed by atoms with Gasteiger partial charge in [0.1, 0.15) is 5.82 Å². The molecule has 1 fully saturated rings. The molecule has 40 heavy (non-hydrogen) atoms. The molecule has 0 N–H and O–H groups in total. The number of hydroxylamine groups is 2. The summed E-state index contributed by atoms with van der Waals surface area (Å²) in [5.74, 6) is 0.379. The minimum atomic E-state index is -0.719. The molecule has 2 heterocycles. The van der Waals surface area contributed by atoms with Crippen LogP contribution in [0.4, 0.5) is 5.82 Å². The van der Waals surface area contributed by atoms with Crippen molar-refractivity contribution < 1.29 is 14.7 Å². The average Bonchev–Trinajstić information content (AvgIpc) is 2.97. The fourth-order valence-electron chi connectivity index (χ4n) is 5.21. The third kappa shape index (κ3) is 14.8. The number of aromatic nitrogens is 1. The summed E-state index contributed by atoms with van der Waals surface area (Å²) in [6, 6.07) is 3.58. The number of piperazine rings is 1. The molecule has 0 radical (unpaired) electrons. The predicted molar refractivity (Wildman–Crippen MR) is 160 cm³/mol. The number of likely N-dealkylation sites (N-methyl/N-ethyl adjacent to an activating group) is 1. The van der Waals surface area contributed by atoms with Crippen molar-refractivity contribution in [3.8, 4) is 0 Å². The zero-order valence-electron chi connectivity index (χ0n) is 24.8. The summed E-state index contributed by atoms with van der Waals surface area (Å²) >= 11 is 0. The van der Waals surface area contributed by atoms with Gasteiger partial charge in [0.2, 0.25) is 5.91 Å². The molecule has 228 valence electrons. The van der Waals surface area contributed by atoms with E-state index < -0.39 is 11.0 Å². The van der Waals surface area contributed by atoms with Crippen LogP contribution in [0.5, 0.6) is 0 Å². The van der Waals surface area contributed by atoms with Gasteiger partial charge in [0.05, 0.1) is 12.2 Å². The van der Waals surface area contributed by atoms with E-state index in [-0.39, 0.29) is 13.2 Å². The van der Waals surface area contributed by atoms with Crippen LogP contribution in [0.3, 0.4) is 0 Å². The van der Waals surface area contributed by atoms with Crippen LogP contribution in [0, 0.1) is 15.3 Å². The molecule has 1 aliphatic rings. The Balaban J connectivity index is 1.38. The SMILES string of the molecule is CCN1CCN(c2ccc(C(=O)N([O-])CCCCCCCCCCCCCCCCCCO[N+](=O)[O-])cn2)CC1. The van der Waals surface area contributed by atoms with Crippen LogP contribution in [0.2, 0.25) is 0 Å². The van der Waals surface area contributed by atoms with E-state index in [2.05, 4.69) is 26.5 Å². The fraction of sp³-hybridized carbons (Fsp3) is 0.800. The lowest BCUT2D eigenvalue weighted by molar-refractivity contribution is -0.757. The van der Waals surface area contributed by atoms with E-state index in [0.29, 0.717) is 10.6 Å². The minimum Gasteiger partial charge on any atom is -0.756 e. The molecular formula is C30H52N5O5-. The lowest BCUT2D eigenvalue weighted by Gasteiger charge is -2.34. The van der Waals surface area contributed by atoms with Gasteiger partial charge in [0.25, 0.3) is 5.09 Å². The van der Waals surface area contributed by atoms with Gasteiger partial charge in [0.15, 0.2) is 0 Å². The van der Waals surface area contributed by atoms with Crippen molar-refractivity contribution in [2.24, 2.45) is 0 Å². The molecule has 0 spiro atoms. The van der Waals surface area contributed by atoms with Gasteiger partial charge < -0.3 is 24.9 Å². The van der Waals surface area contributed by atoms with Crippen molar-refractivity contribution in [1.82, 2.24) is 14.9 Å². The molecule has 10 nitrogen and oxygen atoms in total. The molecule has 0 atom stereocenters. The lowest BCUT2D eigenvalue weighted by atomic mass is 10.0. The number of carbonyl (C=O) groups is 1. The minimum absolute atomic E-state index is 0.220. The first-order valence-electron chi connectivity index (χ1n) is 15.7. The molecule has 1 aromatic rings. The van der Waals surface area contributed by atoms with Gasteiger partial charge in [-0.3, -0.25) is 4.79 Å². The molecule has 1 aromatic heterocycles. The van der Waals surface area contributed by atoms with Crippen molar-refractivity contribution in [3.63, 3.8) is 0 Å². The summed E-state index contributed by atoms with van der Waals surface area (Å²) in [4.78, 5) is 35.9. The van der Waals surface area contributed by atoms with Gasteiger partial charge >= 0.3 is 0 Å². The molecule has 1 amide bonds. The number of anilines is 1. The fourth-order valence-corrected chi connectivity index (χ4v) is 5.21. The number of hydrogen-bond donors (Lipinski definition) is 0. The van der Waals surface area contributed by atoms with Gasteiger partial charge in [-0.1, -0.05) is 96.8 Å². The van der Waals surface area contributed by atoms with E-state index in [9.17, 15) is 20.1 Å².